The van der Waals surface area contributed by atoms with Gasteiger partial charge in [-0.15, -0.1) is 0 Å². The lowest BCUT2D eigenvalue weighted by molar-refractivity contribution is 0.335. The lowest BCUT2D eigenvalue weighted by Crippen LogP contribution is -2.36. The van der Waals surface area contributed by atoms with E-state index in [0.717, 1.165) is 25.7 Å². The van der Waals surface area contributed by atoms with Gasteiger partial charge in [-0.25, -0.2) is 18.4 Å². The fourth-order valence-corrected chi connectivity index (χ4v) is 3.82. The lowest BCUT2D eigenvalue weighted by Gasteiger charge is -2.26. The number of aromatic nitrogens is 2. The topological polar surface area (TPSA) is 63.2 Å². The third-order valence-electron chi connectivity index (χ3n) is 3.61. The summed E-state index contributed by atoms with van der Waals surface area (Å²) in [4.78, 5) is 7.58. The average molecular weight is 304 g/mol. The largest absolute Gasteiger partial charge is 0.246 e. The van der Waals surface area contributed by atoms with Gasteiger partial charge in [0.05, 0.1) is 12.4 Å². The van der Waals surface area contributed by atoms with Gasteiger partial charge in [0.25, 0.3) is 0 Å². The molecule has 1 aromatic heterocycles. The summed E-state index contributed by atoms with van der Waals surface area (Å²) in [6, 6.07) is 0.0724. The lowest BCUT2D eigenvalue weighted by atomic mass is 10.1. The zero-order chi connectivity index (χ0) is 13.9. The first kappa shape index (κ1) is 14.7. The predicted octanol–water partition coefficient (Wildman–Crippen LogP) is 2.47. The molecule has 0 unspecified atom stereocenters. The fourth-order valence-electron chi connectivity index (χ4n) is 2.42. The third kappa shape index (κ3) is 3.43. The van der Waals surface area contributed by atoms with Gasteiger partial charge < -0.3 is 0 Å². The van der Waals surface area contributed by atoms with Crippen LogP contribution in [0.2, 0.25) is 5.28 Å². The molecule has 0 amide bonds. The Hall–Kier alpha value is -0.720. The van der Waals surface area contributed by atoms with Gasteiger partial charge in [-0.05, 0) is 24.4 Å². The van der Waals surface area contributed by atoms with Crippen LogP contribution in [0.3, 0.4) is 0 Å². The molecule has 0 saturated heterocycles. The van der Waals surface area contributed by atoms with E-state index >= 15 is 0 Å². The van der Waals surface area contributed by atoms with E-state index < -0.39 is 10.0 Å². The minimum Gasteiger partial charge on any atom is -0.225 e. The van der Waals surface area contributed by atoms with Gasteiger partial charge in [0.15, 0.2) is 0 Å². The first-order chi connectivity index (χ1) is 9.01. The van der Waals surface area contributed by atoms with Crippen LogP contribution in [0.1, 0.15) is 38.5 Å². The van der Waals surface area contributed by atoms with Crippen LogP contribution in [0.15, 0.2) is 17.3 Å². The van der Waals surface area contributed by atoms with Gasteiger partial charge in [0.1, 0.15) is 4.90 Å². The molecule has 0 aromatic carbocycles. The Balaban J connectivity index is 2.20. The van der Waals surface area contributed by atoms with Gasteiger partial charge >= 0.3 is 0 Å². The standard InChI is InChI=1S/C12H18ClN3O2S/c1-16(10-6-4-2-3-5-7-10)19(17,18)11-8-14-12(13)15-9-11/h8-10H,2-7H2,1H3. The monoisotopic (exact) mass is 303 g/mol. The van der Waals surface area contributed by atoms with Crippen LogP contribution in [0.25, 0.3) is 0 Å². The molecule has 106 valence electrons. The summed E-state index contributed by atoms with van der Waals surface area (Å²) < 4.78 is 26.4. The van der Waals surface area contributed by atoms with E-state index in [1.54, 1.807) is 7.05 Å². The van der Waals surface area contributed by atoms with Crippen LogP contribution < -0.4 is 0 Å². The Morgan fingerprint density at radius 2 is 1.68 bits per heavy atom. The van der Waals surface area contributed by atoms with E-state index in [-0.39, 0.29) is 16.2 Å². The van der Waals surface area contributed by atoms with Crippen LogP contribution in [0, 0.1) is 0 Å². The van der Waals surface area contributed by atoms with Crippen LogP contribution in [0.5, 0.6) is 0 Å². The van der Waals surface area contributed by atoms with Crippen molar-refractivity contribution in [2.45, 2.75) is 49.5 Å². The van der Waals surface area contributed by atoms with E-state index in [9.17, 15) is 8.42 Å². The number of nitrogens with zero attached hydrogens (tertiary/aromatic N) is 3. The Morgan fingerprint density at radius 1 is 1.16 bits per heavy atom. The molecule has 0 radical (unpaired) electrons. The Morgan fingerprint density at radius 3 is 2.21 bits per heavy atom. The van der Waals surface area contributed by atoms with Gasteiger partial charge in [0.2, 0.25) is 15.3 Å². The number of hydrogen-bond acceptors (Lipinski definition) is 4. The van der Waals surface area contributed by atoms with Crippen molar-refractivity contribution in [3.05, 3.63) is 17.7 Å². The summed E-state index contributed by atoms with van der Waals surface area (Å²) >= 11 is 5.58. The summed E-state index contributed by atoms with van der Waals surface area (Å²) in [5, 5.41) is 0.0519. The van der Waals surface area contributed by atoms with Crippen molar-refractivity contribution in [3.63, 3.8) is 0 Å². The molecule has 1 aromatic rings. The van der Waals surface area contributed by atoms with E-state index in [1.165, 1.54) is 29.5 Å². The molecule has 1 saturated carbocycles. The van der Waals surface area contributed by atoms with Gasteiger partial charge in [-0.3, -0.25) is 0 Å². The van der Waals surface area contributed by atoms with Crippen molar-refractivity contribution < 1.29 is 8.42 Å². The van der Waals surface area contributed by atoms with Crippen molar-refractivity contribution >= 4 is 21.6 Å². The molecule has 0 atom stereocenters. The molecule has 5 nitrogen and oxygen atoms in total. The molecule has 0 bridgehead atoms. The fraction of sp³-hybridized carbons (Fsp3) is 0.667. The smallest absolute Gasteiger partial charge is 0.225 e. The van der Waals surface area contributed by atoms with E-state index in [4.69, 9.17) is 11.6 Å². The second-order valence-corrected chi connectivity index (χ2v) is 7.19. The number of hydrogen-bond donors (Lipinski definition) is 0. The van der Waals surface area contributed by atoms with Crippen molar-refractivity contribution in [1.82, 2.24) is 14.3 Å². The summed E-state index contributed by atoms with van der Waals surface area (Å²) in [5.41, 5.74) is 0. The molecule has 0 N–H and O–H groups in total. The number of sulfonamides is 1. The maximum atomic E-state index is 12.5. The molecule has 1 aliphatic carbocycles. The molecular weight excluding hydrogens is 286 g/mol. The SMILES string of the molecule is CN(C1CCCCCC1)S(=O)(=O)c1cnc(Cl)nc1. The van der Waals surface area contributed by atoms with Crippen LogP contribution in [-0.4, -0.2) is 35.8 Å². The number of halogens is 1. The molecule has 1 heterocycles. The molecule has 0 spiro atoms. The zero-order valence-electron chi connectivity index (χ0n) is 10.9. The Bertz CT molecular complexity index is 510. The van der Waals surface area contributed by atoms with Crippen molar-refractivity contribution in [2.24, 2.45) is 0 Å². The van der Waals surface area contributed by atoms with E-state index in [0.29, 0.717) is 0 Å². The molecule has 2 rings (SSSR count). The first-order valence-electron chi connectivity index (χ1n) is 6.47. The van der Waals surface area contributed by atoms with Crippen molar-refractivity contribution in [2.75, 3.05) is 7.05 Å². The van der Waals surface area contributed by atoms with Crippen LogP contribution >= 0.6 is 11.6 Å². The van der Waals surface area contributed by atoms with E-state index in [1.807, 2.05) is 0 Å². The normalized spacial score (nSPS) is 18.5. The van der Waals surface area contributed by atoms with Crippen LogP contribution in [0.4, 0.5) is 0 Å². The Labute approximate surface area is 119 Å². The maximum absolute atomic E-state index is 12.5. The van der Waals surface area contributed by atoms with Gasteiger partial charge in [-0.2, -0.15) is 4.31 Å². The highest BCUT2D eigenvalue weighted by molar-refractivity contribution is 7.89. The molecule has 1 aliphatic rings. The van der Waals surface area contributed by atoms with E-state index in [2.05, 4.69) is 9.97 Å². The predicted molar refractivity (Wildman–Crippen MR) is 73.5 cm³/mol. The highest BCUT2D eigenvalue weighted by Gasteiger charge is 2.28. The molecule has 1 fully saturated rings. The molecule has 7 heteroatoms. The molecule has 0 aliphatic heterocycles. The zero-order valence-corrected chi connectivity index (χ0v) is 12.5. The summed E-state index contributed by atoms with van der Waals surface area (Å²) in [7, 11) is -1.88. The minimum atomic E-state index is -3.52. The molecular formula is C12H18ClN3O2S. The van der Waals surface area contributed by atoms with Gasteiger partial charge in [-0.1, -0.05) is 25.7 Å². The minimum absolute atomic E-state index is 0.0519. The average Bonchev–Trinajstić information content (AvgIpc) is 2.67. The highest BCUT2D eigenvalue weighted by Crippen LogP contribution is 2.25. The third-order valence-corrected chi connectivity index (χ3v) is 5.67. The van der Waals surface area contributed by atoms with Crippen molar-refractivity contribution in [3.8, 4) is 0 Å². The molecule has 19 heavy (non-hydrogen) atoms. The maximum Gasteiger partial charge on any atom is 0.246 e. The highest BCUT2D eigenvalue weighted by atomic mass is 35.5. The van der Waals surface area contributed by atoms with Crippen molar-refractivity contribution in [1.29, 1.82) is 0 Å². The quantitative estimate of drug-likeness (QED) is 0.635. The second kappa shape index (κ2) is 6.15. The summed E-state index contributed by atoms with van der Waals surface area (Å²) in [6.07, 6.45) is 8.91. The van der Waals surface area contributed by atoms with Crippen LogP contribution in [-0.2, 0) is 10.0 Å². The summed E-state index contributed by atoms with van der Waals surface area (Å²) in [6.45, 7) is 0. The summed E-state index contributed by atoms with van der Waals surface area (Å²) in [5.74, 6) is 0. The Kier molecular flexibility index (Phi) is 4.76. The first-order valence-corrected chi connectivity index (χ1v) is 8.29. The number of rotatable bonds is 3. The van der Waals surface area contributed by atoms with Gasteiger partial charge in [0, 0.05) is 13.1 Å². The second-order valence-electron chi connectivity index (χ2n) is 4.85.